The van der Waals surface area contributed by atoms with E-state index in [4.69, 9.17) is 0 Å². The average molecular weight is 196 g/mol. The van der Waals surface area contributed by atoms with Gasteiger partial charge in [0.05, 0.1) is 10.1 Å². The summed E-state index contributed by atoms with van der Waals surface area (Å²) in [5, 5.41) is 12.2. The van der Waals surface area contributed by atoms with Gasteiger partial charge in [-0.1, -0.05) is 0 Å². The van der Waals surface area contributed by atoms with Crippen molar-refractivity contribution >= 4 is 11.8 Å². The van der Waals surface area contributed by atoms with Gasteiger partial charge in [-0.25, -0.2) is 4.79 Å². The molecule has 1 aromatic rings. The van der Waals surface area contributed by atoms with Crippen molar-refractivity contribution < 1.29 is 14.5 Å². The highest BCUT2D eigenvalue weighted by atomic mass is 16.6. The number of hydrogen-bond acceptors (Lipinski definition) is 5. The molecule has 0 bridgehead atoms. The predicted octanol–water partition coefficient (Wildman–Crippen LogP) is 1.86. The van der Waals surface area contributed by atoms with Crippen molar-refractivity contribution in [3.63, 3.8) is 0 Å². The molecule has 1 amide bonds. The summed E-state index contributed by atoms with van der Waals surface area (Å²) >= 11 is 0. The molecule has 1 rings (SSSR count). The van der Waals surface area contributed by atoms with E-state index in [1.54, 1.807) is 0 Å². The Balaban J connectivity index is 2.78. The molecule has 72 valence electrons. The maximum absolute atomic E-state index is 10.4. The molecule has 0 aromatic heterocycles. The number of amides is 1. The average Bonchev–Trinajstić information content (AvgIpc) is 2.18. The van der Waals surface area contributed by atoms with Crippen molar-refractivity contribution in [3.05, 3.63) is 39.3 Å². The summed E-state index contributed by atoms with van der Waals surface area (Å²) in [5.41, 5.74) is -0.135. The molecule has 0 atom stereocenters. The summed E-state index contributed by atoms with van der Waals surface area (Å²) < 4.78 is 4.36. The SMILES string of the molecule is O=NC(=O)Oc1ccc([N+](=O)[O-])cc1. The normalized spacial score (nSPS) is 9.14. The van der Waals surface area contributed by atoms with Crippen molar-refractivity contribution in [1.29, 1.82) is 0 Å². The van der Waals surface area contributed by atoms with Crippen molar-refractivity contribution in [3.8, 4) is 5.75 Å². The van der Waals surface area contributed by atoms with Gasteiger partial charge >= 0.3 is 6.09 Å². The summed E-state index contributed by atoms with van der Waals surface area (Å²) in [5.74, 6) is 0.0280. The van der Waals surface area contributed by atoms with Crippen molar-refractivity contribution in [1.82, 2.24) is 0 Å². The summed E-state index contributed by atoms with van der Waals surface area (Å²) in [6.45, 7) is 0. The molecule has 7 heteroatoms. The van der Waals surface area contributed by atoms with Gasteiger partial charge in [-0.2, -0.15) is 0 Å². The lowest BCUT2D eigenvalue weighted by Gasteiger charge is -1.97. The van der Waals surface area contributed by atoms with Gasteiger partial charge in [0.15, 0.2) is 0 Å². The number of hydrogen-bond donors (Lipinski definition) is 0. The quantitative estimate of drug-likeness (QED) is 0.408. The van der Waals surface area contributed by atoms with E-state index in [-0.39, 0.29) is 11.4 Å². The number of nitrogens with zero attached hydrogens (tertiary/aromatic N) is 2. The second-order valence-corrected chi connectivity index (χ2v) is 2.21. The minimum Gasteiger partial charge on any atom is -0.407 e. The Morgan fingerprint density at radius 1 is 1.36 bits per heavy atom. The van der Waals surface area contributed by atoms with Crippen LogP contribution in [0, 0.1) is 15.0 Å². The van der Waals surface area contributed by atoms with E-state index in [2.05, 4.69) is 4.74 Å². The van der Waals surface area contributed by atoms with Crippen LogP contribution in [0.3, 0.4) is 0 Å². The van der Waals surface area contributed by atoms with E-state index >= 15 is 0 Å². The van der Waals surface area contributed by atoms with Gasteiger partial charge in [0.1, 0.15) is 5.75 Å². The highest BCUT2D eigenvalue weighted by Gasteiger charge is 2.07. The first kappa shape index (κ1) is 9.78. The van der Waals surface area contributed by atoms with E-state index < -0.39 is 11.0 Å². The smallest absolute Gasteiger partial charge is 0.407 e. The Morgan fingerprint density at radius 2 is 1.93 bits per heavy atom. The Kier molecular flexibility index (Phi) is 2.85. The molecule has 7 nitrogen and oxygen atoms in total. The van der Waals surface area contributed by atoms with Gasteiger partial charge in [0.2, 0.25) is 0 Å². The van der Waals surface area contributed by atoms with Crippen LogP contribution in [0.15, 0.2) is 29.4 Å². The number of nitro benzene ring substituents is 1. The number of carbonyl (C=O) groups is 1. The Hall–Kier alpha value is -2.31. The lowest BCUT2D eigenvalue weighted by atomic mass is 10.3. The number of benzene rings is 1. The van der Waals surface area contributed by atoms with Crippen LogP contribution in [0.5, 0.6) is 5.75 Å². The molecule has 1 aromatic carbocycles. The third-order valence-corrected chi connectivity index (χ3v) is 1.33. The molecule has 0 heterocycles. The molecular formula is C7H4N2O5. The zero-order chi connectivity index (χ0) is 10.6. The van der Waals surface area contributed by atoms with E-state index in [9.17, 15) is 19.8 Å². The minimum absolute atomic E-state index is 0.0280. The van der Waals surface area contributed by atoms with Crippen molar-refractivity contribution in [2.45, 2.75) is 0 Å². The van der Waals surface area contributed by atoms with Crippen LogP contribution in [0.25, 0.3) is 0 Å². The number of rotatable bonds is 2. The van der Waals surface area contributed by atoms with E-state index in [1.807, 2.05) is 5.18 Å². The second-order valence-electron chi connectivity index (χ2n) is 2.21. The molecule has 14 heavy (non-hydrogen) atoms. The fourth-order valence-corrected chi connectivity index (χ4v) is 0.755. The number of ether oxygens (including phenoxy) is 1. The zero-order valence-electron chi connectivity index (χ0n) is 6.75. The lowest BCUT2D eigenvalue weighted by molar-refractivity contribution is -0.384. The molecule has 0 fully saturated rings. The molecule has 0 aliphatic heterocycles. The minimum atomic E-state index is -1.29. The molecule has 0 spiro atoms. The first-order valence-electron chi connectivity index (χ1n) is 3.43. The Labute approximate surface area is 77.4 Å². The number of carbonyl (C=O) groups excluding carboxylic acids is 1. The Morgan fingerprint density at radius 3 is 2.36 bits per heavy atom. The molecule has 0 aliphatic carbocycles. The van der Waals surface area contributed by atoms with Crippen LogP contribution >= 0.6 is 0 Å². The lowest BCUT2D eigenvalue weighted by Crippen LogP contribution is -2.00. The van der Waals surface area contributed by atoms with E-state index in [0.717, 1.165) is 12.1 Å². The molecule has 0 radical (unpaired) electrons. The molecule has 0 unspecified atom stereocenters. The highest BCUT2D eigenvalue weighted by molar-refractivity contribution is 5.70. The van der Waals surface area contributed by atoms with Crippen LogP contribution in [-0.4, -0.2) is 11.0 Å². The van der Waals surface area contributed by atoms with Gasteiger partial charge in [0, 0.05) is 12.1 Å². The molecule has 0 saturated carbocycles. The van der Waals surface area contributed by atoms with Gasteiger partial charge in [-0.15, -0.1) is 4.91 Å². The number of nitro groups is 1. The maximum atomic E-state index is 10.4. The van der Waals surface area contributed by atoms with E-state index in [1.165, 1.54) is 12.1 Å². The monoisotopic (exact) mass is 196 g/mol. The summed E-state index contributed by atoms with van der Waals surface area (Å²) in [6.07, 6.45) is -1.29. The van der Waals surface area contributed by atoms with Gasteiger partial charge in [-0.05, 0) is 12.1 Å². The third-order valence-electron chi connectivity index (χ3n) is 1.33. The van der Waals surface area contributed by atoms with Crippen LogP contribution in [0.4, 0.5) is 10.5 Å². The molecule has 0 N–H and O–H groups in total. The summed E-state index contributed by atoms with van der Waals surface area (Å²) in [4.78, 5) is 29.6. The van der Waals surface area contributed by atoms with Crippen LogP contribution < -0.4 is 4.74 Å². The standard InChI is InChI=1S/C7H4N2O5/c10-7(8-11)14-6-3-1-5(2-4-6)9(12)13/h1-4H. The first-order valence-corrected chi connectivity index (χ1v) is 3.43. The fraction of sp³-hybridized carbons (Fsp3) is 0. The molecule has 0 aliphatic rings. The van der Waals surface area contributed by atoms with Gasteiger partial charge in [-0.3, -0.25) is 10.1 Å². The van der Waals surface area contributed by atoms with Crippen LogP contribution in [0.1, 0.15) is 0 Å². The van der Waals surface area contributed by atoms with Crippen LogP contribution in [0.2, 0.25) is 0 Å². The fourth-order valence-electron chi connectivity index (χ4n) is 0.755. The van der Waals surface area contributed by atoms with Crippen molar-refractivity contribution in [2.75, 3.05) is 0 Å². The van der Waals surface area contributed by atoms with Gasteiger partial charge < -0.3 is 4.74 Å². The second kappa shape index (κ2) is 4.08. The van der Waals surface area contributed by atoms with Crippen LogP contribution in [-0.2, 0) is 0 Å². The van der Waals surface area contributed by atoms with E-state index in [0.29, 0.717) is 0 Å². The largest absolute Gasteiger partial charge is 0.475 e. The molecule has 0 saturated heterocycles. The topological polar surface area (TPSA) is 98.9 Å². The first-order chi connectivity index (χ1) is 6.63. The number of nitroso groups, excluding NO2 is 1. The van der Waals surface area contributed by atoms with Gasteiger partial charge in [0.25, 0.3) is 5.69 Å². The maximum Gasteiger partial charge on any atom is 0.475 e. The third kappa shape index (κ3) is 2.34. The molecular weight excluding hydrogens is 192 g/mol. The van der Waals surface area contributed by atoms with Crippen molar-refractivity contribution in [2.24, 2.45) is 5.18 Å². The Bertz CT molecular complexity index is 372. The summed E-state index contributed by atoms with van der Waals surface area (Å²) in [6, 6.07) is 4.68. The summed E-state index contributed by atoms with van der Waals surface area (Å²) in [7, 11) is 0. The zero-order valence-corrected chi connectivity index (χ0v) is 6.75. The predicted molar refractivity (Wildman–Crippen MR) is 44.9 cm³/mol. The number of non-ortho nitro benzene ring substituents is 1. The highest BCUT2D eigenvalue weighted by Crippen LogP contribution is 2.17.